The molecule has 1 aromatic rings. The summed E-state index contributed by atoms with van der Waals surface area (Å²) in [5, 5.41) is 20.2. The van der Waals surface area contributed by atoms with E-state index in [4.69, 9.17) is 10.5 Å². The summed E-state index contributed by atoms with van der Waals surface area (Å²) in [7, 11) is -5.01. The van der Waals surface area contributed by atoms with Gasteiger partial charge in [-0.3, -0.25) is 13.7 Å². The fraction of sp³-hybridized carbons (Fsp3) is 0.714. The van der Waals surface area contributed by atoms with Crippen LogP contribution in [0.3, 0.4) is 0 Å². The van der Waals surface area contributed by atoms with Crippen LogP contribution in [0.4, 0.5) is 5.82 Å². The second kappa shape index (κ2) is 9.73. The fourth-order valence-corrected chi connectivity index (χ4v) is 4.51. The molecule has 0 saturated carbocycles. The minimum atomic E-state index is -5.18. The maximum atomic E-state index is 12.0. The molecule has 1 saturated heterocycles. The molecule has 1 aliphatic rings. The number of phosphoric ester groups is 2. The molecule has 0 spiro atoms. The van der Waals surface area contributed by atoms with E-state index >= 15 is 0 Å². The van der Waals surface area contributed by atoms with Crippen LogP contribution in [0.5, 0.6) is 0 Å². The van der Waals surface area contributed by atoms with E-state index in [1.807, 2.05) is 0 Å². The van der Waals surface area contributed by atoms with Crippen LogP contribution in [-0.2, 0) is 27.2 Å². The molecule has 1 aromatic heterocycles. The van der Waals surface area contributed by atoms with Crippen LogP contribution in [0.2, 0.25) is 0 Å². The third kappa shape index (κ3) is 7.70. The van der Waals surface area contributed by atoms with Gasteiger partial charge in [0.2, 0.25) is 0 Å². The van der Waals surface area contributed by atoms with Crippen molar-refractivity contribution in [3.05, 3.63) is 22.7 Å². The van der Waals surface area contributed by atoms with Gasteiger partial charge in [0.05, 0.1) is 27.7 Å². The molecule has 0 aromatic carbocycles. The number of nitrogens with zero attached hydrogens (tertiary/aromatic N) is 3. The van der Waals surface area contributed by atoms with E-state index in [0.29, 0.717) is 4.48 Å². The highest BCUT2D eigenvalue weighted by Gasteiger charge is 2.45. The number of ether oxygens (including phenoxy) is 1. The Balaban J connectivity index is 1.96. The molecule has 6 atom stereocenters. The van der Waals surface area contributed by atoms with Gasteiger partial charge in [-0.25, -0.2) is 13.7 Å². The normalized spacial score (nSPS) is 28.2. The van der Waals surface area contributed by atoms with Crippen molar-refractivity contribution in [2.45, 2.75) is 24.5 Å². The van der Waals surface area contributed by atoms with Crippen LogP contribution in [0.15, 0.2) is 17.1 Å². The van der Waals surface area contributed by atoms with Crippen molar-refractivity contribution < 1.29 is 51.7 Å². The molecular formula is C14H26N4O11P2. The minimum absolute atomic E-state index is 0.0711. The summed E-state index contributed by atoms with van der Waals surface area (Å²) in [6.07, 6.45) is -4.89. The first-order chi connectivity index (χ1) is 14.1. The van der Waals surface area contributed by atoms with Crippen LogP contribution < -0.4 is 16.3 Å². The Hall–Kier alpha value is -1.22. The van der Waals surface area contributed by atoms with E-state index in [2.05, 4.69) is 18.3 Å². The number of hydrogen-bond acceptors (Lipinski definition) is 12. The predicted octanol–water partition coefficient (Wildman–Crippen LogP) is -2.23. The lowest BCUT2D eigenvalue weighted by Gasteiger charge is -2.28. The van der Waals surface area contributed by atoms with Crippen LogP contribution in [0, 0.1) is 0 Å². The van der Waals surface area contributed by atoms with Gasteiger partial charge >= 0.3 is 13.5 Å². The van der Waals surface area contributed by atoms with Crippen molar-refractivity contribution >= 4 is 21.5 Å². The zero-order chi connectivity index (χ0) is 23.6. The zero-order valence-corrected chi connectivity index (χ0v) is 18.8. The van der Waals surface area contributed by atoms with Crippen LogP contribution in [0.1, 0.15) is 6.23 Å². The highest BCUT2D eigenvalue weighted by atomic mass is 31.3. The maximum Gasteiger partial charge on any atom is 0.478 e. The van der Waals surface area contributed by atoms with E-state index in [1.165, 1.54) is 12.3 Å². The zero-order valence-electron chi connectivity index (χ0n) is 17.0. The van der Waals surface area contributed by atoms with Crippen molar-refractivity contribution in [3.63, 3.8) is 0 Å². The molecule has 31 heavy (non-hydrogen) atoms. The number of aromatic nitrogens is 2. The molecule has 0 bridgehead atoms. The maximum absolute atomic E-state index is 12.0. The summed E-state index contributed by atoms with van der Waals surface area (Å²) in [5.74, 6) is -0.0711. The minimum Gasteiger partial charge on any atom is -0.756 e. The Labute approximate surface area is 177 Å². The third-order valence-electron chi connectivity index (χ3n) is 4.08. The molecule has 2 heterocycles. The van der Waals surface area contributed by atoms with Gasteiger partial charge < -0.3 is 39.5 Å². The quantitative estimate of drug-likeness (QED) is 0.203. The predicted molar refractivity (Wildman–Crippen MR) is 102 cm³/mol. The average molecular weight is 488 g/mol. The fourth-order valence-electron chi connectivity index (χ4n) is 2.48. The molecule has 0 aliphatic carbocycles. The monoisotopic (exact) mass is 488 g/mol. The highest BCUT2D eigenvalue weighted by Crippen LogP contribution is 2.58. The smallest absolute Gasteiger partial charge is 0.478 e. The van der Waals surface area contributed by atoms with E-state index in [0.717, 1.165) is 4.57 Å². The summed E-state index contributed by atoms with van der Waals surface area (Å²) in [6.45, 7) is -0.877. The summed E-state index contributed by atoms with van der Waals surface area (Å²) in [4.78, 5) is 36.7. The Bertz CT molecular complexity index is 920. The van der Waals surface area contributed by atoms with E-state index < -0.39 is 52.5 Å². The third-order valence-corrected chi connectivity index (χ3v) is 6.68. The molecule has 2 rings (SSSR count). The summed E-state index contributed by atoms with van der Waals surface area (Å²) < 4.78 is 43.4. The van der Waals surface area contributed by atoms with Crippen molar-refractivity contribution in [3.8, 4) is 0 Å². The van der Waals surface area contributed by atoms with E-state index in [9.17, 15) is 33.9 Å². The van der Waals surface area contributed by atoms with Crippen LogP contribution >= 0.6 is 15.6 Å². The standard InChI is InChI=1S/C14H26N4O11P2/c1-18(2,3)6-7-26-30(22,23)29-31(24,25)27-8-9-11(19)12(20)13(28-9)17-5-4-10(15)16-14(17)21/h4-5,9,11-13,19-20H,6-8H2,1-3H3,(H3-,15,16,21,22,23,24,25)/t9-,11+,12+,13+/m0/s1. The number of hydrogen-bond donors (Lipinski definition) is 4. The molecule has 0 amide bonds. The van der Waals surface area contributed by atoms with Crippen molar-refractivity contribution in [2.75, 3.05) is 46.6 Å². The number of rotatable bonds is 10. The first-order valence-corrected chi connectivity index (χ1v) is 11.9. The van der Waals surface area contributed by atoms with Crippen molar-refractivity contribution in [1.82, 2.24) is 9.55 Å². The van der Waals surface area contributed by atoms with Gasteiger partial charge in [-0.1, -0.05) is 0 Å². The highest BCUT2D eigenvalue weighted by molar-refractivity contribution is 7.60. The Morgan fingerprint density at radius 3 is 2.52 bits per heavy atom. The number of aliphatic hydroxyl groups excluding tert-OH is 2. The van der Waals surface area contributed by atoms with Gasteiger partial charge in [0.15, 0.2) is 6.23 Å². The second-order valence-corrected chi connectivity index (χ2v) is 10.7. The summed E-state index contributed by atoms with van der Waals surface area (Å²) in [6, 6.07) is 1.26. The number of likely N-dealkylation sites (N-methyl/N-ethyl adjacent to an activating group) is 1. The lowest BCUT2D eigenvalue weighted by atomic mass is 10.1. The van der Waals surface area contributed by atoms with Gasteiger partial charge in [-0.2, -0.15) is 4.98 Å². The number of aliphatic hydroxyl groups is 2. The molecule has 0 radical (unpaired) electrons. The van der Waals surface area contributed by atoms with E-state index in [1.54, 1.807) is 21.1 Å². The second-order valence-electron chi connectivity index (χ2n) is 7.73. The van der Waals surface area contributed by atoms with Gasteiger partial charge in [0.25, 0.3) is 7.82 Å². The molecule has 178 valence electrons. The molecule has 1 aliphatic heterocycles. The van der Waals surface area contributed by atoms with Crippen molar-refractivity contribution in [2.24, 2.45) is 0 Å². The van der Waals surface area contributed by atoms with Gasteiger partial charge in [-0.15, -0.1) is 0 Å². The molecule has 1 fully saturated rings. The Morgan fingerprint density at radius 1 is 1.29 bits per heavy atom. The SMILES string of the molecule is C[N+](C)(C)CCOP(=O)([O-])OP(=O)(O)OC[C@@H]1O[C@@H](n2ccc(N)nc2=O)[C@H](O)[C@@H]1O. The number of nitrogens with two attached hydrogens (primary N) is 1. The largest absolute Gasteiger partial charge is 0.756 e. The molecule has 2 unspecified atom stereocenters. The first-order valence-electron chi connectivity index (χ1n) is 8.91. The van der Waals surface area contributed by atoms with Gasteiger partial charge in [0, 0.05) is 6.20 Å². The molecular weight excluding hydrogens is 462 g/mol. The van der Waals surface area contributed by atoms with Crippen LogP contribution in [0.25, 0.3) is 0 Å². The van der Waals surface area contributed by atoms with Gasteiger partial charge in [0.1, 0.15) is 37.3 Å². The number of nitrogen functional groups attached to an aromatic ring is 1. The topological polar surface area (TPSA) is 216 Å². The molecule has 15 nitrogen and oxygen atoms in total. The summed E-state index contributed by atoms with van der Waals surface area (Å²) >= 11 is 0. The number of phosphoric acid groups is 2. The Kier molecular flexibility index (Phi) is 8.17. The summed E-state index contributed by atoms with van der Waals surface area (Å²) in [5.41, 5.74) is 4.52. The van der Waals surface area contributed by atoms with Gasteiger partial charge in [-0.05, 0) is 6.07 Å². The number of quaternary nitrogens is 1. The molecule has 5 N–H and O–H groups in total. The lowest BCUT2D eigenvalue weighted by molar-refractivity contribution is -0.870. The van der Waals surface area contributed by atoms with Crippen molar-refractivity contribution in [1.29, 1.82) is 0 Å². The average Bonchev–Trinajstić information content (AvgIpc) is 2.86. The first kappa shape index (κ1) is 26.0. The molecule has 17 heteroatoms. The van der Waals surface area contributed by atoms with E-state index in [-0.39, 0.29) is 19.0 Å². The lowest BCUT2D eigenvalue weighted by Crippen LogP contribution is -2.37. The van der Waals surface area contributed by atoms with Crippen LogP contribution in [-0.4, -0.2) is 88.4 Å². The Morgan fingerprint density at radius 2 is 1.94 bits per heavy atom. The number of anilines is 1.